The molecule has 1 heterocycles. The number of halogens is 1. The van der Waals surface area contributed by atoms with Crippen LogP contribution in [0.3, 0.4) is 0 Å². The first-order valence-electron chi connectivity index (χ1n) is 8.73. The SMILES string of the molecule is COC(=O)CCN1CCC(=O)N(Cc2ccc(F)cc2)[C@@H](C(C)C)C1. The molecular weight excluding hydrogens is 323 g/mol. The maximum Gasteiger partial charge on any atom is 0.306 e. The van der Waals surface area contributed by atoms with E-state index < -0.39 is 0 Å². The second kappa shape index (κ2) is 8.94. The van der Waals surface area contributed by atoms with Crippen molar-refractivity contribution in [3.63, 3.8) is 0 Å². The Balaban J connectivity index is 2.10. The van der Waals surface area contributed by atoms with Crippen molar-refractivity contribution < 1.29 is 18.7 Å². The highest BCUT2D eigenvalue weighted by molar-refractivity contribution is 5.77. The number of carbonyl (C=O) groups excluding carboxylic acids is 2. The molecule has 0 N–H and O–H groups in total. The lowest BCUT2D eigenvalue weighted by Crippen LogP contribution is -2.46. The van der Waals surface area contributed by atoms with E-state index in [0.29, 0.717) is 32.5 Å². The smallest absolute Gasteiger partial charge is 0.306 e. The summed E-state index contributed by atoms with van der Waals surface area (Å²) in [6.07, 6.45) is 0.749. The van der Waals surface area contributed by atoms with Gasteiger partial charge in [0.2, 0.25) is 5.91 Å². The van der Waals surface area contributed by atoms with Crippen molar-refractivity contribution in [1.82, 2.24) is 9.80 Å². The highest BCUT2D eigenvalue weighted by Gasteiger charge is 2.31. The minimum atomic E-state index is -0.277. The summed E-state index contributed by atoms with van der Waals surface area (Å²) in [5.41, 5.74) is 0.920. The van der Waals surface area contributed by atoms with Crippen LogP contribution in [-0.2, 0) is 20.9 Å². The number of hydrogen-bond acceptors (Lipinski definition) is 4. The highest BCUT2D eigenvalue weighted by atomic mass is 19.1. The highest BCUT2D eigenvalue weighted by Crippen LogP contribution is 2.21. The minimum absolute atomic E-state index is 0.0534. The van der Waals surface area contributed by atoms with Gasteiger partial charge in [-0.3, -0.25) is 9.59 Å². The zero-order valence-corrected chi connectivity index (χ0v) is 15.2. The summed E-state index contributed by atoms with van der Waals surface area (Å²) < 4.78 is 17.8. The van der Waals surface area contributed by atoms with Crippen molar-refractivity contribution in [2.45, 2.75) is 39.3 Å². The molecule has 138 valence electrons. The van der Waals surface area contributed by atoms with Crippen LogP contribution in [0.1, 0.15) is 32.3 Å². The predicted octanol–water partition coefficient (Wildman–Crippen LogP) is 2.45. The Bertz CT molecular complexity index is 589. The van der Waals surface area contributed by atoms with E-state index in [-0.39, 0.29) is 29.7 Å². The van der Waals surface area contributed by atoms with Crippen LogP contribution in [0, 0.1) is 11.7 Å². The molecule has 0 saturated carbocycles. The van der Waals surface area contributed by atoms with E-state index in [9.17, 15) is 14.0 Å². The number of esters is 1. The number of nitrogens with zero attached hydrogens (tertiary/aromatic N) is 2. The molecule has 1 fully saturated rings. The molecule has 1 aliphatic heterocycles. The van der Waals surface area contributed by atoms with Crippen LogP contribution >= 0.6 is 0 Å². The number of hydrogen-bond donors (Lipinski definition) is 0. The fourth-order valence-electron chi connectivity index (χ4n) is 3.15. The third-order valence-corrected chi connectivity index (χ3v) is 4.70. The number of rotatable bonds is 6. The number of benzene rings is 1. The first-order chi connectivity index (χ1) is 11.9. The van der Waals surface area contributed by atoms with Gasteiger partial charge in [-0.1, -0.05) is 26.0 Å². The summed E-state index contributed by atoms with van der Waals surface area (Å²) in [5, 5.41) is 0. The quantitative estimate of drug-likeness (QED) is 0.740. The van der Waals surface area contributed by atoms with Gasteiger partial charge < -0.3 is 14.5 Å². The van der Waals surface area contributed by atoms with Crippen LogP contribution in [0.25, 0.3) is 0 Å². The molecule has 0 aromatic heterocycles. The molecule has 0 spiro atoms. The summed E-state index contributed by atoms with van der Waals surface area (Å²) in [6.45, 7) is 6.62. The van der Waals surface area contributed by atoms with Gasteiger partial charge in [0.1, 0.15) is 5.82 Å². The van der Waals surface area contributed by atoms with Crippen molar-refractivity contribution >= 4 is 11.9 Å². The van der Waals surface area contributed by atoms with E-state index in [0.717, 1.165) is 12.1 Å². The maximum atomic E-state index is 13.1. The van der Waals surface area contributed by atoms with E-state index in [1.165, 1.54) is 19.2 Å². The first-order valence-corrected chi connectivity index (χ1v) is 8.73. The van der Waals surface area contributed by atoms with Gasteiger partial charge in [-0.05, 0) is 23.6 Å². The zero-order valence-electron chi connectivity index (χ0n) is 15.2. The summed E-state index contributed by atoms with van der Waals surface area (Å²) >= 11 is 0. The molecular formula is C19H27FN2O3. The monoisotopic (exact) mass is 350 g/mol. The summed E-state index contributed by atoms with van der Waals surface area (Å²) in [5.74, 6) is -0.133. The lowest BCUT2D eigenvalue weighted by atomic mass is 10.0. The Labute approximate surface area is 148 Å². The standard InChI is InChI=1S/C19H27FN2O3/c1-14(2)17-13-21(11-9-19(24)25-3)10-8-18(23)22(17)12-15-4-6-16(20)7-5-15/h4-7,14,17H,8-13H2,1-3H3/t17-/m1/s1. The maximum absolute atomic E-state index is 13.1. The van der Waals surface area contributed by atoms with Gasteiger partial charge in [-0.15, -0.1) is 0 Å². The third kappa shape index (κ3) is 5.53. The normalized spacial score (nSPS) is 19.2. The first kappa shape index (κ1) is 19.4. The molecule has 1 atom stereocenters. The average molecular weight is 350 g/mol. The van der Waals surface area contributed by atoms with Crippen LogP contribution in [0.15, 0.2) is 24.3 Å². The van der Waals surface area contributed by atoms with Crippen molar-refractivity contribution in [2.24, 2.45) is 5.92 Å². The van der Waals surface area contributed by atoms with Crippen LogP contribution < -0.4 is 0 Å². The Kier molecular flexibility index (Phi) is 6.93. The van der Waals surface area contributed by atoms with Gasteiger partial charge in [0, 0.05) is 38.6 Å². The Morgan fingerprint density at radius 1 is 1.32 bits per heavy atom. The van der Waals surface area contributed by atoms with Crippen LogP contribution in [0.2, 0.25) is 0 Å². The summed E-state index contributed by atoms with van der Waals surface area (Å²) in [7, 11) is 1.38. The molecule has 25 heavy (non-hydrogen) atoms. The van der Waals surface area contributed by atoms with Gasteiger partial charge in [0.25, 0.3) is 0 Å². The van der Waals surface area contributed by atoms with Gasteiger partial charge in [0.15, 0.2) is 0 Å². The van der Waals surface area contributed by atoms with Crippen molar-refractivity contribution in [1.29, 1.82) is 0 Å². The summed E-state index contributed by atoms with van der Waals surface area (Å²) in [6, 6.07) is 6.34. The van der Waals surface area contributed by atoms with Gasteiger partial charge in [-0.25, -0.2) is 4.39 Å². The molecule has 0 radical (unpaired) electrons. The zero-order chi connectivity index (χ0) is 18.4. The van der Waals surface area contributed by atoms with Crippen LogP contribution in [0.4, 0.5) is 4.39 Å². The predicted molar refractivity (Wildman–Crippen MR) is 93.3 cm³/mol. The van der Waals surface area contributed by atoms with Gasteiger partial charge in [-0.2, -0.15) is 0 Å². The molecule has 6 heteroatoms. The van der Waals surface area contributed by atoms with Gasteiger partial charge in [0.05, 0.1) is 13.5 Å². The number of carbonyl (C=O) groups is 2. The molecule has 1 aliphatic rings. The molecule has 0 aliphatic carbocycles. The van der Waals surface area contributed by atoms with Crippen molar-refractivity contribution in [3.05, 3.63) is 35.6 Å². The molecule has 0 bridgehead atoms. The summed E-state index contributed by atoms with van der Waals surface area (Å²) in [4.78, 5) is 28.1. The van der Waals surface area contributed by atoms with Crippen molar-refractivity contribution in [2.75, 3.05) is 26.7 Å². The number of methoxy groups -OCH3 is 1. The van der Waals surface area contributed by atoms with E-state index in [1.54, 1.807) is 12.1 Å². The molecule has 1 aromatic carbocycles. The molecule has 2 rings (SSSR count). The minimum Gasteiger partial charge on any atom is -0.469 e. The molecule has 1 aromatic rings. The van der Waals surface area contributed by atoms with Gasteiger partial charge >= 0.3 is 5.97 Å². The second-order valence-electron chi connectivity index (χ2n) is 6.84. The Morgan fingerprint density at radius 3 is 2.60 bits per heavy atom. The fourth-order valence-corrected chi connectivity index (χ4v) is 3.15. The van der Waals surface area contributed by atoms with Crippen LogP contribution in [0.5, 0.6) is 0 Å². The molecule has 0 unspecified atom stereocenters. The van der Waals surface area contributed by atoms with Crippen LogP contribution in [-0.4, -0.2) is 54.5 Å². The van der Waals surface area contributed by atoms with Crippen molar-refractivity contribution in [3.8, 4) is 0 Å². The number of ether oxygens (including phenoxy) is 1. The van der Waals surface area contributed by atoms with E-state index in [1.807, 2.05) is 4.90 Å². The number of amides is 1. The second-order valence-corrected chi connectivity index (χ2v) is 6.84. The topological polar surface area (TPSA) is 49.9 Å². The largest absolute Gasteiger partial charge is 0.469 e. The van der Waals surface area contributed by atoms with E-state index in [2.05, 4.69) is 18.7 Å². The lowest BCUT2D eigenvalue weighted by Gasteiger charge is -2.34. The van der Waals surface area contributed by atoms with E-state index in [4.69, 9.17) is 4.74 Å². The van der Waals surface area contributed by atoms with E-state index >= 15 is 0 Å². The molecule has 5 nitrogen and oxygen atoms in total. The Morgan fingerprint density at radius 2 is 2.00 bits per heavy atom. The third-order valence-electron chi connectivity index (χ3n) is 4.70. The Hall–Kier alpha value is -1.95. The molecule has 1 saturated heterocycles. The molecule has 1 amide bonds. The lowest BCUT2D eigenvalue weighted by molar-refractivity contribution is -0.141. The fraction of sp³-hybridized carbons (Fsp3) is 0.579. The average Bonchev–Trinajstić information content (AvgIpc) is 2.75.